The monoisotopic (exact) mass is 394 g/mol. The van der Waals surface area contributed by atoms with Crippen LogP contribution in [-0.4, -0.2) is 38.3 Å². The van der Waals surface area contributed by atoms with Crippen molar-refractivity contribution in [2.24, 2.45) is 0 Å². The minimum atomic E-state index is -0.536. The summed E-state index contributed by atoms with van der Waals surface area (Å²) in [6, 6.07) is 3.41. The molecule has 1 amide bonds. The normalized spacial score (nSPS) is 18.0. The fraction of sp³-hybridized carbons (Fsp3) is 0.500. The summed E-state index contributed by atoms with van der Waals surface area (Å²) in [4.78, 5) is 22.7. The number of likely N-dealkylation sites (tertiary alicyclic amines) is 1. The van der Waals surface area contributed by atoms with Crippen LogP contribution in [0.15, 0.2) is 27.3 Å². The molecule has 2 aromatic heterocycles. The van der Waals surface area contributed by atoms with Gasteiger partial charge in [-0.25, -0.2) is 4.79 Å². The molecular formula is C16H19BrN4O3. The van der Waals surface area contributed by atoms with Gasteiger partial charge in [0, 0.05) is 17.2 Å². The number of pyridine rings is 1. The number of carbonyl (C=O) groups excluding carboxylic acids is 1. The summed E-state index contributed by atoms with van der Waals surface area (Å²) >= 11 is 3.34. The van der Waals surface area contributed by atoms with E-state index in [2.05, 4.69) is 31.1 Å². The zero-order chi connectivity index (χ0) is 17.3. The van der Waals surface area contributed by atoms with Crippen LogP contribution < -0.4 is 0 Å². The van der Waals surface area contributed by atoms with Crippen LogP contribution in [0.2, 0.25) is 0 Å². The van der Waals surface area contributed by atoms with E-state index in [0.29, 0.717) is 24.0 Å². The highest BCUT2D eigenvalue weighted by molar-refractivity contribution is 9.10. The standard InChI is InChI=1S/C16H19BrN4O3/c1-16(2,3)23-15(22)21-8-4-5-12(21)14-19-13(20-24-14)11-7-6-10(17)9-18-11/h6-7,9,12H,4-5,8H2,1-3H3. The van der Waals surface area contributed by atoms with Crippen LogP contribution in [0.5, 0.6) is 0 Å². The quantitative estimate of drug-likeness (QED) is 0.766. The molecule has 3 heterocycles. The van der Waals surface area contributed by atoms with Gasteiger partial charge in [0.05, 0.1) is 0 Å². The van der Waals surface area contributed by atoms with Crippen LogP contribution in [0, 0.1) is 0 Å². The molecule has 0 spiro atoms. The minimum absolute atomic E-state index is 0.253. The molecule has 1 unspecified atom stereocenters. The van der Waals surface area contributed by atoms with E-state index >= 15 is 0 Å². The summed E-state index contributed by atoms with van der Waals surface area (Å²) in [5.41, 5.74) is 0.0842. The summed E-state index contributed by atoms with van der Waals surface area (Å²) in [6.45, 7) is 6.16. The number of carbonyl (C=O) groups is 1. The number of nitrogens with zero attached hydrogens (tertiary/aromatic N) is 4. The van der Waals surface area contributed by atoms with E-state index in [-0.39, 0.29) is 12.1 Å². The lowest BCUT2D eigenvalue weighted by molar-refractivity contribution is 0.0199. The van der Waals surface area contributed by atoms with Crippen molar-refractivity contribution in [3.8, 4) is 11.5 Å². The van der Waals surface area contributed by atoms with Gasteiger partial charge in [-0.15, -0.1) is 0 Å². The van der Waals surface area contributed by atoms with Crippen LogP contribution >= 0.6 is 15.9 Å². The Morgan fingerprint density at radius 3 is 2.88 bits per heavy atom. The molecule has 3 rings (SSSR count). The Balaban J connectivity index is 1.78. The number of rotatable bonds is 2. The Labute approximate surface area is 148 Å². The topological polar surface area (TPSA) is 81.4 Å². The summed E-state index contributed by atoms with van der Waals surface area (Å²) in [5, 5.41) is 3.99. The molecule has 2 aromatic rings. The van der Waals surface area contributed by atoms with Crippen molar-refractivity contribution in [3.05, 3.63) is 28.7 Å². The first-order valence-corrected chi connectivity index (χ1v) is 8.58. The first-order valence-electron chi connectivity index (χ1n) is 7.78. The van der Waals surface area contributed by atoms with Crippen molar-refractivity contribution in [1.82, 2.24) is 20.0 Å². The van der Waals surface area contributed by atoms with Crippen LogP contribution in [0.25, 0.3) is 11.5 Å². The van der Waals surface area contributed by atoms with Crippen LogP contribution in [0.4, 0.5) is 4.79 Å². The Kier molecular flexibility index (Phi) is 4.58. The molecule has 1 aliphatic rings. The van der Waals surface area contributed by atoms with Crippen molar-refractivity contribution >= 4 is 22.0 Å². The first-order chi connectivity index (χ1) is 11.3. The molecule has 24 heavy (non-hydrogen) atoms. The predicted molar refractivity (Wildman–Crippen MR) is 90.1 cm³/mol. The van der Waals surface area contributed by atoms with Crippen molar-refractivity contribution in [1.29, 1.82) is 0 Å². The highest BCUT2D eigenvalue weighted by Crippen LogP contribution is 2.33. The molecule has 0 aliphatic carbocycles. The van der Waals surface area contributed by atoms with Crippen molar-refractivity contribution in [2.75, 3.05) is 6.54 Å². The van der Waals surface area contributed by atoms with Crippen molar-refractivity contribution < 1.29 is 14.1 Å². The molecule has 0 aromatic carbocycles. The average molecular weight is 395 g/mol. The maximum absolute atomic E-state index is 12.4. The molecule has 1 fully saturated rings. The lowest BCUT2D eigenvalue weighted by Gasteiger charge is -2.26. The largest absolute Gasteiger partial charge is 0.444 e. The molecule has 7 nitrogen and oxygen atoms in total. The molecular weight excluding hydrogens is 376 g/mol. The van der Waals surface area contributed by atoms with Gasteiger partial charge in [-0.05, 0) is 61.7 Å². The van der Waals surface area contributed by atoms with Gasteiger partial charge in [-0.3, -0.25) is 9.88 Å². The number of aromatic nitrogens is 3. The van der Waals surface area contributed by atoms with E-state index in [1.165, 1.54) is 0 Å². The SMILES string of the molecule is CC(C)(C)OC(=O)N1CCCC1c1nc(-c2ccc(Br)cn2)no1. The molecule has 0 radical (unpaired) electrons. The maximum Gasteiger partial charge on any atom is 0.410 e. The number of hydrogen-bond donors (Lipinski definition) is 0. The number of hydrogen-bond acceptors (Lipinski definition) is 6. The second-order valence-electron chi connectivity index (χ2n) is 6.65. The Hall–Kier alpha value is -1.96. The van der Waals surface area contributed by atoms with E-state index in [1.807, 2.05) is 26.8 Å². The van der Waals surface area contributed by atoms with Gasteiger partial charge >= 0.3 is 6.09 Å². The molecule has 1 aliphatic heterocycles. The van der Waals surface area contributed by atoms with Gasteiger partial charge in [0.25, 0.3) is 0 Å². The summed E-state index contributed by atoms with van der Waals surface area (Å²) in [7, 11) is 0. The summed E-state index contributed by atoms with van der Waals surface area (Å²) < 4.78 is 11.7. The molecule has 128 valence electrons. The van der Waals surface area contributed by atoms with E-state index in [1.54, 1.807) is 17.2 Å². The summed E-state index contributed by atoms with van der Waals surface area (Å²) in [5.74, 6) is 0.826. The lowest BCUT2D eigenvalue weighted by atomic mass is 10.2. The fourth-order valence-electron chi connectivity index (χ4n) is 2.55. The number of halogens is 1. The number of ether oxygens (including phenoxy) is 1. The minimum Gasteiger partial charge on any atom is -0.444 e. The summed E-state index contributed by atoms with van der Waals surface area (Å²) in [6.07, 6.45) is 2.97. The third-order valence-corrected chi connectivity index (χ3v) is 4.03. The van der Waals surface area contributed by atoms with Gasteiger partial charge in [-0.2, -0.15) is 4.98 Å². The lowest BCUT2D eigenvalue weighted by Crippen LogP contribution is -2.36. The Morgan fingerprint density at radius 2 is 2.21 bits per heavy atom. The molecule has 1 atom stereocenters. The fourth-order valence-corrected chi connectivity index (χ4v) is 2.78. The Morgan fingerprint density at radius 1 is 1.42 bits per heavy atom. The first kappa shape index (κ1) is 16.9. The highest BCUT2D eigenvalue weighted by atomic mass is 79.9. The van der Waals surface area contributed by atoms with Crippen LogP contribution in [0.1, 0.15) is 45.5 Å². The molecule has 8 heteroatoms. The third-order valence-electron chi connectivity index (χ3n) is 3.56. The van der Waals surface area contributed by atoms with Gasteiger partial charge in [0.1, 0.15) is 17.3 Å². The molecule has 0 N–H and O–H groups in total. The van der Waals surface area contributed by atoms with Gasteiger partial charge in [-0.1, -0.05) is 5.16 Å². The van der Waals surface area contributed by atoms with E-state index in [9.17, 15) is 4.79 Å². The van der Waals surface area contributed by atoms with E-state index < -0.39 is 5.60 Å². The molecule has 0 bridgehead atoms. The van der Waals surface area contributed by atoms with Gasteiger partial charge < -0.3 is 9.26 Å². The van der Waals surface area contributed by atoms with E-state index in [4.69, 9.17) is 9.26 Å². The second-order valence-corrected chi connectivity index (χ2v) is 7.57. The van der Waals surface area contributed by atoms with Crippen molar-refractivity contribution in [3.63, 3.8) is 0 Å². The zero-order valence-corrected chi connectivity index (χ0v) is 15.4. The molecule has 1 saturated heterocycles. The molecule has 0 saturated carbocycles. The maximum atomic E-state index is 12.4. The third kappa shape index (κ3) is 3.75. The van der Waals surface area contributed by atoms with Gasteiger partial charge in [0.2, 0.25) is 11.7 Å². The highest BCUT2D eigenvalue weighted by Gasteiger charge is 2.36. The predicted octanol–water partition coefficient (Wildman–Crippen LogP) is 3.97. The van der Waals surface area contributed by atoms with Gasteiger partial charge in [0.15, 0.2) is 0 Å². The smallest absolute Gasteiger partial charge is 0.410 e. The number of amides is 1. The van der Waals surface area contributed by atoms with E-state index in [0.717, 1.165) is 17.3 Å². The van der Waals surface area contributed by atoms with Crippen LogP contribution in [0.3, 0.4) is 0 Å². The zero-order valence-electron chi connectivity index (χ0n) is 13.8. The van der Waals surface area contributed by atoms with Crippen LogP contribution in [-0.2, 0) is 4.74 Å². The Bertz CT molecular complexity index is 724. The second kappa shape index (κ2) is 6.51. The van der Waals surface area contributed by atoms with Crippen molar-refractivity contribution in [2.45, 2.75) is 45.3 Å². The average Bonchev–Trinajstić information content (AvgIpc) is 3.15.